The Hall–Kier alpha value is -6.08. The zero-order valence-corrected chi connectivity index (χ0v) is 27.8. The Morgan fingerprint density at radius 1 is 0.271 bits per heavy atom. The van der Waals surface area contributed by atoms with Crippen LogP contribution in [0.4, 0.5) is 45.5 Å². The van der Waals surface area contributed by atoms with Gasteiger partial charge in [0.1, 0.15) is 23.0 Å². The predicted octanol–water partition coefficient (Wildman–Crippen LogP) is 10.4. The first-order valence-electron chi connectivity index (χ1n) is 15.6. The number of hydrogen-bond donors (Lipinski definition) is 0. The molecule has 0 saturated carbocycles. The van der Waals surface area contributed by atoms with E-state index in [4.69, 9.17) is 18.9 Å². The molecule has 0 aliphatic rings. The Morgan fingerprint density at radius 2 is 0.438 bits per heavy atom. The molecule has 0 unspecified atom stereocenters. The molecule has 0 aliphatic carbocycles. The molecule has 0 bridgehead atoms. The van der Waals surface area contributed by atoms with Crippen molar-refractivity contribution in [2.45, 2.75) is 0 Å². The monoisotopic (exact) mass is 637 g/mol. The number of benzene rings is 6. The van der Waals surface area contributed by atoms with Crippen molar-refractivity contribution in [2.75, 3.05) is 50.2 Å². The predicted molar refractivity (Wildman–Crippen MR) is 197 cm³/mol. The topological polar surface area (TPSA) is 46.6 Å². The van der Waals surface area contributed by atoms with Crippen LogP contribution < -0.4 is 33.6 Å². The molecule has 242 valence electrons. The van der Waals surface area contributed by atoms with Crippen molar-refractivity contribution in [1.82, 2.24) is 0 Å². The van der Waals surface area contributed by atoms with Gasteiger partial charge in [0, 0.05) is 52.5 Å². The van der Waals surface area contributed by atoms with Gasteiger partial charge in [-0.3, -0.25) is 0 Å². The fraction of sp³-hybridized carbons (Fsp3) is 0.122. The molecule has 6 aromatic carbocycles. The van der Waals surface area contributed by atoms with E-state index in [0.29, 0.717) is 0 Å². The average molecular weight is 638 g/mol. The first-order chi connectivity index (χ1) is 23.5. The fourth-order valence-electron chi connectivity index (χ4n) is 5.62. The number of methoxy groups -OCH3 is 4. The quantitative estimate of drug-likeness (QED) is 0.132. The van der Waals surface area contributed by atoms with Crippen molar-refractivity contribution in [3.63, 3.8) is 0 Å². The van der Waals surface area contributed by atoms with Crippen LogP contribution in [0.5, 0.6) is 23.0 Å². The van der Waals surface area contributed by atoms with Crippen molar-refractivity contribution in [3.05, 3.63) is 146 Å². The summed E-state index contributed by atoms with van der Waals surface area (Å²) in [7, 11) is 8.79. The van der Waals surface area contributed by atoms with Crippen LogP contribution >= 0.6 is 0 Å². The molecule has 0 fully saturated rings. The van der Waals surface area contributed by atoms with Gasteiger partial charge < -0.3 is 33.6 Å². The van der Waals surface area contributed by atoms with Crippen LogP contribution in [0.1, 0.15) is 0 Å². The van der Waals surface area contributed by atoms with Crippen LogP contribution in [0.3, 0.4) is 0 Å². The molecule has 0 heterocycles. The zero-order valence-electron chi connectivity index (χ0n) is 27.8. The highest BCUT2D eigenvalue weighted by Gasteiger charge is 2.16. The van der Waals surface area contributed by atoms with E-state index in [2.05, 4.69) is 119 Å². The lowest BCUT2D eigenvalue weighted by atomic mass is 10.1. The number of rotatable bonds is 12. The number of ether oxygens (including phenoxy) is 4. The van der Waals surface area contributed by atoms with E-state index >= 15 is 0 Å². The second-order valence-electron chi connectivity index (χ2n) is 11.1. The molecule has 48 heavy (non-hydrogen) atoms. The normalized spacial score (nSPS) is 10.6. The largest absolute Gasteiger partial charge is 0.497 e. The van der Waals surface area contributed by atoms with Crippen molar-refractivity contribution >= 4 is 45.5 Å². The van der Waals surface area contributed by atoms with Crippen molar-refractivity contribution in [2.24, 2.45) is 0 Å². The van der Waals surface area contributed by atoms with E-state index in [-0.39, 0.29) is 0 Å². The van der Waals surface area contributed by atoms with E-state index in [1.54, 1.807) is 28.4 Å². The van der Waals surface area contributed by atoms with Gasteiger partial charge in [-0.15, -0.1) is 0 Å². The molecular formula is C41H39N3O4. The third-order valence-electron chi connectivity index (χ3n) is 8.31. The maximum atomic E-state index is 5.40. The van der Waals surface area contributed by atoms with Gasteiger partial charge in [-0.05, 0) is 146 Å². The van der Waals surface area contributed by atoms with E-state index in [9.17, 15) is 0 Å². The molecule has 6 rings (SSSR count). The summed E-state index contributed by atoms with van der Waals surface area (Å²) in [5, 5.41) is 0. The van der Waals surface area contributed by atoms with Crippen molar-refractivity contribution < 1.29 is 18.9 Å². The van der Waals surface area contributed by atoms with E-state index in [0.717, 1.165) is 68.5 Å². The molecule has 0 spiro atoms. The van der Waals surface area contributed by atoms with Gasteiger partial charge in [0.25, 0.3) is 0 Å². The fourth-order valence-corrected chi connectivity index (χ4v) is 5.62. The van der Waals surface area contributed by atoms with E-state index < -0.39 is 0 Å². The number of hydrogen-bond acceptors (Lipinski definition) is 7. The second kappa shape index (κ2) is 14.6. The molecule has 7 heteroatoms. The SMILES string of the molecule is COc1ccc(N(c2ccc(OC)cc2)c2ccc(N(C)c3ccc(N(c4ccc(OC)cc4)c4ccc(OC)cc4)cc3)cc2)cc1. The van der Waals surface area contributed by atoms with Crippen LogP contribution in [0.2, 0.25) is 0 Å². The highest BCUT2D eigenvalue weighted by atomic mass is 16.5. The lowest BCUT2D eigenvalue weighted by Gasteiger charge is -2.28. The minimum atomic E-state index is 0.813. The van der Waals surface area contributed by atoms with Crippen LogP contribution in [-0.2, 0) is 0 Å². The Kier molecular flexibility index (Phi) is 9.67. The molecule has 7 nitrogen and oxygen atoms in total. The Labute approximate surface area is 282 Å². The lowest BCUT2D eigenvalue weighted by molar-refractivity contribution is 0.414. The molecule has 6 aromatic rings. The summed E-state index contributed by atoms with van der Waals surface area (Å²) in [5.74, 6) is 3.25. The number of anilines is 8. The highest BCUT2D eigenvalue weighted by Crippen LogP contribution is 2.39. The summed E-state index contributed by atoms with van der Waals surface area (Å²) < 4.78 is 21.6. The Morgan fingerprint density at radius 3 is 0.625 bits per heavy atom. The van der Waals surface area contributed by atoms with Crippen LogP contribution in [0.25, 0.3) is 0 Å². The summed E-state index contributed by atoms with van der Waals surface area (Å²) in [5.41, 5.74) is 8.30. The molecular weight excluding hydrogens is 598 g/mol. The molecule has 0 saturated heterocycles. The molecule has 0 atom stereocenters. The van der Waals surface area contributed by atoms with Gasteiger partial charge in [0.05, 0.1) is 28.4 Å². The lowest BCUT2D eigenvalue weighted by Crippen LogP contribution is -2.13. The van der Waals surface area contributed by atoms with Gasteiger partial charge in [0.15, 0.2) is 0 Å². The first-order valence-corrected chi connectivity index (χ1v) is 15.6. The molecule has 0 aromatic heterocycles. The average Bonchev–Trinajstić information content (AvgIpc) is 3.16. The molecule has 0 aliphatic heterocycles. The number of nitrogens with zero attached hydrogens (tertiary/aromatic N) is 3. The van der Waals surface area contributed by atoms with Gasteiger partial charge in [0.2, 0.25) is 0 Å². The van der Waals surface area contributed by atoms with Gasteiger partial charge in [-0.2, -0.15) is 0 Å². The second-order valence-corrected chi connectivity index (χ2v) is 11.1. The summed E-state index contributed by atoms with van der Waals surface area (Å²) >= 11 is 0. The summed E-state index contributed by atoms with van der Waals surface area (Å²) in [6.45, 7) is 0. The van der Waals surface area contributed by atoms with Crippen LogP contribution in [0.15, 0.2) is 146 Å². The first kappa shape index (κ1) is 31.9. The van der Waals surface area contributed by atoms with Gasteiger partial charge in [-0.1, -0.05) is 0 Å². The van der Waals surface area contributed by atoms with Crippen molar-refractivity contribution in [3.8, 4) is 23.0 Å². The van der Waals surface area contributed by atoms with E-state index in [1.807, 2.05) is 48.5 Å². The molecule has 0 amide bonds. The minimum absolute atomic E-state index is 0.813. The summed E-state index contributed by atoms with van der Waals surface area (Å²) in [6.07, 6.45) is 0. The van der Waals surface area contributed by atoms with Crippen molar-refractivity contribution in [1.29, 1.82) is 0 Å². The maximum absolute atomic E-state index is 5.40. The third kappa shape index (κ3) is 6.86. The van der Waals surface area contributed by atoms with Gasteiger partial charge >= 0.3 is 0 Å². The Bertz CT molecular complexity index is 1650. The summed E-state index contributed by atoms with van der Waals surface area (Å²) in [6, 6.07) is 49.4. The van der Waals surface area contributed by atoms with E-state index in [1.165, 1.54) is 0 Å². The third-order valence-corrected chi connectivity index (χ3v) is 8.31. The zero-order chi connectivity index (χ0) is 33.5. The van der Waals surface area contributed by atoms with Crippen LogP contribution in [-0.4, -0.2) is 35.5 Å². The Balaban J connectivity index is 1.27. The highest BCUT2D eigenvalue weighted by molar-refractivity contribution is 5.80. The van der Waals surface area contributed by atoms with Crippen LogP contribution in [0, 0.1) is 0 Å². The summed E-state index contributed by atoms with van der Waals surface area (Å²) in [4.78, 5) is 6.61. The van der Waals surface area contributed by atoms with Gasteiger partial charge in [-0.25, -0.2) is 0 Å². The molecule has 0 radical (unpaired) electrons. The standard InChI is InChI=1S/C41H39N3O4/c1-42(30-6-10-32(11-7-30)43(34-14-22-38(45-2)23-15-34)35-16-24-39(46-3)25-17-35)31-8-12-33(13-9-31)44(36-18-26-40(47-4)27-19-36)37-20-28-41(48-5)29-21-37/h6-29H,1-5H3. The molecule has 0 N–H and O–H groups in total. The smallest absolute Gasteiger partial charge is 0.119 e. The minimum Gasteiger partial charge on any atom is -0.497 e. The maximum Gasteiger partial charge on any atom is 0.119 e.